The standard InChI is InChI=1S/C15H19BrN2O2/c1-9-7-10(2)13(11(8-9)20-4)14-15(16)17-12(5-6-19)18(14)3/h7-8,19H,5-6H2,1-4H3. The highest BCUT2D eigenvalue weighted by molar-refractivity contribution is 9.10. The topological polar surface area (TPSA) is 47.3 Å². The molecule has 0 atom stereocenters. The van der Waals surface area contributed by atoms with E-state index in [2.05, 4.69) is 40.8 Å². The molecule has 2 rings (SSSR count). The molecule has 0 unspecified atom stereocenters. The van der Waals surface area contributed by atoms with Gasteiger partial charge >= 0.3 is 0 Å². The molecule has 0 aliphatic rings. The number of ether oxygens (including phenoxy) is 1. The Balaban J connectivity index is 2.68. The molecule has 0 radical (unpaired) electrons. The maximum Gasteiger partial charge on any atom is 0.132 e. The molecule has 0 spiro atoms. The van der Waals surface area contributed by atoms with Gasteiger partial charge in [0.1, 0.15) is 16.2 Å². The van der Waals surface area contributed by atoms with Gasteiger partial charge in [-0.3, -0.25) is 0 Å². The molecular weight excluding hydrogens is 320 g/mol. The Labute approximate surface area is 127 Å². The van der Waals surface area contributed by atoms with Crippen molar-refractivity contribution in [2.45, 2.75) is 20.3 Å². The molecule has 1 aromatic heterocycles. The fraction of sp³-hybridized carbons (Fsp3) is 0.400. The highest BCUT2D eigenvalue weighted by Gasteiger charge is 2.19. The van der Waals surface area contributed by atoms with Crippen molar-refractivity contribution in [1.82, 2.24) is 9.55 Å². The third kappa shape index (κ3) is 2.60. The van der Waals surface area contributed by atoms with Gasteiger partial charge in [0.05, 0.1) is 19.4 Å². The van der Waals surface area contributed by atoms with Crippen molar-refractivity contribution in [3.05, 3.63) is 33.7 Å². The minimum atomic E-state index is 0.0841. The van der Waals surface area contributed by atoms with E-state index < -0.39 is 0 Å². The first-order chi connectivity index (χ1) is 9.49. The molecular formula is C15H19BrN2O2. The number of imidazole rings is 1. The average molecular weight is 339 g/mol. The summed E-state index contributed by atoms with van der Waals surface area (Å²) >= 11 is 3.52. The predicted molar refractivity (Wildman–Crippen MR) is 83.2 cm³/mol. The van der Waals surface area contributed by atoms with E-state index in [0.29, 0.717) is 6.42 Å². The molecule has 5 heteroatoms. The van der Waals surface area contributed by atoms with Gasteiger partial charge < -0.3 is 14.4 Å². The van der Waals surface area contributed by atoms with Crippen LogP contribution in [0.1, 0.15) is 17.0 Å². The SMILES string of the molecule is COc1cc(C)cc(C)c1-c1c(Br)nc(CCO)n1C. The zero-order valence-electron chi connectivity index (χ0n) is 12.2. The van der Waals surface area contributed by atoms with Crippen LogP contribution in [-0.2, 0) is 13.5 Å². The number of nitrogens with zero attached hydrogens (tertiary/aromatic N) is 2. The zero-order valence-corrected chi connectivity index (χ0v) is 13.8. The molecule has 0 saturated heterocycles. The van der Waals surface area contributed by atoms with Crippen LogP contribution in [0.15, 0.2) is 16.7 Å². The number of hydrogen-bond acceptors (Lipinski definition) is 3. The number of aliphatic hydroxyl groups excluding tert-OH is 1. The number of rotatable bonds is 4. The summed E-state index contributed by atoms with van der Waals surface area (Å²) < 4.78 is 8.30. The number of aromatic nitrogens is 2. The van der Waals surface area contributed by atoms with Crippen LogP contribution in [0.3, 0.4) is 0 Å². The van der Waals surface area contributed by atoms with E-state index in [1.165, 1.54) is 0 Å². The van der Waals surface area contributed by atoms with Gasteiger partial charge in [0, 0.05) is 19.0 Å². The second-order valence-electron chi connectivity index (χ2n) is 4.86. The quantitative estimate of drug-likeness (QED) is 0.932. The lowest BCUT2D eigenvalue weighted by Crippen LogP contribution is -2.03. The van der Waals surface area contributed by atoms with Crippen molar-refractivity contribution in [2.75, 3.05) is 13.7 Å². The van der Waals surface area contributed by atoms with Gasteiger partial charge in [-0.05, 0) is 47.0 Å². The Bertz CT molecular complexity index is 635. The van der Waals surface area contributed by atoms with Gasteiger partial charge in [-0.15, -0.1) is 0 Å². The summed E-state index contributed by atoms with van der Waals surface area (Å²) in [5.41, 5.74) is 4.31. The van der Waals surface area contributed by atoms with E-state index in [-0.39, 0.29) is 6.61 Å². The average Bonchev–Trinajstić information content (AvgIpc) is 2.65. The van der Waals surface area contributed by atoms with Crippen molar-refractivity contribution < 1.29 is 9.84 Å². The normalized spacial score (nSPS) is 10.9. The maximum atomic E-state index is 9.11. The molecule has 1 aromatic carbocycles. The van der Waals surface area contributed by atoms with E-state index in [1.807, 2.05) is 17.7 Å². The van der Waals surface area contributed by atoms with Gasteiger partial charge in [-0.1, -0.05) is 6.07 Å². The summed E-state index contributed by atoms with van der Waals surface area (Å²) in [7, 11) is 3.63. The molecule has 108 valence electrons. The van der Waals surface area contributed by atoms with Gasteiger partial charge in [0.25, 0.3) is 0 Å². The van der Waals surface area contributed by atoms with Crippen LogP contribution in [0, 0.1) is 13.8 Å². The molecule has 0 amide bonds. The van der Waals surface area contributed by atoms with Crippen LogP contribution in [-0.4, -0.2) is 28.4 Å². The Morgan fingerprint density at radius 3 is 2.65 bits per heavy atom. The summed E-state index contributed by atoms with van der Waals surface area (Å²) in [6.45, 7) is 4.20. The molecule has 0 aliphatic heterocycles. The fourth-order valence-electron chi connectivity index (χ4n) is 2.50. The van der Waals surface area contributed by atoms with Gasteiger partial charge in [0.15, 0.2) is 0 Å². The highest BCUT2D eigenvalue weighted by atomic mass is 79.9. The molecule has 0 aliphatic carbocycles. The summed E-state index contributed by atoms with van der Waals surface area (Å²) in [4.78, 5) is 4.48. The smallest absolute Gasteiger partial charge is 0.132 e. The number of aryl methyl sites for hydroxylation is 2. The van der Waals surface area contributed by atoms with Gasteiger partial charge in [-0.25, -0.2) is 4.98 Å². The fourth-order valence-corrected chi connectivity index (χ4v) is 3.17. The van der Waals surface area contributed by atoms with Crippen molar-refractivity contribution in [2.24, 2.45) is 7.05 Å². The lowest BCUT2D eigenvalue weighted by atomic mass is 10.0. The third-order valence-corrected chi connectivity index (χ3v) is 3.93. The van der Waals surface area contributed by atoms with Crippen molar-refractivity contribution >= 4 is 15.9 Å². The number of aliphatic hydroxyl groups is 1. The summed E-state index contributed by atoms with van der Waals surface area (Å²) in [5, 5.41) is 9.11. The minimum absolute atomic E-state index is 0.0841. The Morgan fingerprint density at radius 2 is 2.05 bits per heavy atom. The maximum absolute atomic E-state index is 9.11. The van der Waals surface area contributed by atoms with Crippen LogP contribution in [0.5, 0.6) is 5.75 Å². The number of benzene rings is 1. The second kappa shape index (κ2) is 5.97. The van der Waals surface area contributed by atoms with E-state index >= 15 is 0 Å². The minimum Gasteiger partial charge on any atom is -0.496 e. The Kier molecular flexibility index (Phi) is 4.50. The number of methoxy groups -OCH3 is 1. The molecule has 0 bridgehead atoms. The van der Waals surface area contributed by atoms with E-state index in [1.54, 1.807) is 7.11 Å². The summed E-state index contributed by atoms with van der Waals surface area (Å²) in [6, 6.07) is 4.15. The van der Waals surface area contributed by atoms with E-state index in [9.17, 15) is 0 Å². The number of hydrogen-bond donors (Lipinski definition) is 1. The largest absolute Gasteiger partial charge is 0.496 e. The zero-order chi connectivity index (χ0) is 14.9. The first-order valence-electron chi connectivity index (χ1n) is 6.47. The van der Waals surface area contributed by atoms with Crippen molar-refractivity contribution in [3.63, 3.8) is 0 Å². The predicted octanol–water partition coefficient (Wildman–Crippen LogP) is 3.01. The van der Waals surface area contributed by atoms with Crippen LogP contribution >= 0.6 is 15.9 Å². The first kappa shape index (κ1) is 15.1. The lowest BCUT2D eigenvalue weighted by Gasteiger charge is -2.14. The lowest BCUT2D eigenvalue weighted by molar-refractivity contribution is 0.295. The van der Waals surface area contributed by atoms with Gasteiger partial charge in [0.2, 0.25) is 0 Å². The monoisotopic (exact) mass is 338 g/mol. The highest BCUT2D eigenvalue weighted by Crippen LogP contribution is 2.38. The van der Waals surface area contributed by atoms with E-state index in [4.69, 9.17) is 9.84 Å². The molecule has 1 N–H and O–H groups in total. The van der Waals surface area contributed by atoms with E-state index in [0.717, 1.165) is 38.6 Å². The van der Waals surface area contributed by atoms with Crippen LogP contribution in [0.25, 0.3) is 11.3 Å². The van der Waals surface area contributed by atoms with Crippen LogP contribution in [0.4, 0.5) is 0 Å². The molecule has 0 saturated carbocycles. The Morgan fingerprint density at radius 1 is 1.35 bits per heavy atom. The molecule has 20 heavy (non-hydrogen) atoms. The summed E-state index contributed by atoms with van der Waals surface area (Å²) in [6.07, 6.45) is 0.530. The van der Waals surface area contributed by atoms with Crippen molar-refractivity contribution in [3.8, 4) is 17.0 Å². The third-order valence-electron chi connectivity index (χ3n) is 3.38. The molecule has 0 fully saturated rings. The van der Waals surface area contributed by atoms with Crippen molar-refractivity contribution in [1.29, 1.82) is 0 Å². The second-order valence-corrected chi connectivity index (χ2v) is 5.61. The molecule has 4 nitrogen and oxygen atoms in total. The molecule has 1 heterocycles. The Hall–Kier alpha value is -1.33. The number of halogens is 1. The van der Waals surface area contributed by atoms with Crippen LogP contribution < -0.4 is 4.74 Å². The summed E-state index contributed by atoms with van der Waals surface area (Å²) in [5.74, 6) is 1.68. The van der Waals surface area contributed by atoms with Crippen LogP contribution in [0.2, 0.25) is 0 Å². The van der Waals surface area contributed by atoms with Gasteiger partial charge in [-0.2, -0.15) is 0 Å². The first-order valence-corrected chi connectivity index (χ1v) is 7.26. The molecule has 2 aromatic rings.